The van der Waals surface area contributed by atoms with E-state index in [1.54, 1.807) is 6.07 Å². The lowest BCUT2D eigenvalue weighted by atomic mass is 9.81. The molecule has 2 atom stereocenters. The summed E-state index contributed by atoms with van der Waals surface area (Å²) in [5.41, 5.74) is -0.128. The molecule has 1 aliphatic heterocycles. The van der Waals surface area contributed by atoms with E-state index in [4.69, 9.17) is 9.68 Å². The number of hydrogen-bond donors (Lipinski definition) is 2. The number of halogens is 7. The Balaban J connectivity index is 1.41. The lowest BCUT2D eigenvalue weighted by Gasteiger charge is -2.33. The van der Waals surface area contributed by atoms with Crippen LogP contribution >= 0.6 is 0 Å². The second-order valence-electron chi connectivity index (χ2n) is 10.7. The molecule has 8 nitrogen and oxygen atoms in total. The van der Waals surface area contributed by atoms with Crippen molar-refractivity contribution in [2.75, 3.05) is 6.54 Å². The van der Waals surface area contributed by atoms with Gasteiger partial charge in [-0.15, -0.1) is 0 Å². The van der Waals surface area contributed by atoms with Crippen LogP contribution in [0.1, 0.15) is 54.3 Å². The molecule has 1 aromatic heterocycles. The van der Waals surface area contributed by atoms with Gasteiger partial charge < -0.3 is 20.0 Å². The van der Waals surface area contributed by atoms with Crippen molar-refractivity contribution in [3.8, 4) is 6.07 Å². The SMILES string of the molecule is N#Cc1cccc(C(F)(F)C(=O)NC(c2nc3cc(CN4CC(C(F)(F)F)NC4=O)ccc3o2)C2CCC(F)(F)CC2)c1. The summed E-state index contributed by atoms with van der Waals surface area (Å²) in [4.78, 5) is 30.2. The number of carbonyl (C=O) groups is 2. The zero-order chi connectivity index (χ0) is 31.2. The summed E-state index contributed by atoms with van der Waals surface area (Å²) in [6.07, 6.45) is -5.94. The van der Waals surface area contributed by atoms with E-state index in [-0.39, 0.29) is 41.9 Å². The number of amides is 3. The third-order valence-electron chi connectivity index (χ3n) is 7.65. The molecular formula is C28H24F7N5O3. The number of urea groups is 1. The van der Waals surface area contributed by atoms with Crippen LogP contribution < -0.4 is 10.6 Å². The van der Waals surface area contributed by atoms with Gasteiger partial charge in [-0.25, -0.2) is 18.6 Å². The number of nitriles is 1. The van der Waals surface area contributed by atoms with Crippen molar-refractivity contribution in [3.63, 3.8) is 0 Å². The van der Waals surface area contributed by atoms with Gasteiger partial charge in [-0.05, 0) is 48.6 Å². The van der Waals surface area contributed by atoms with Crippen molar-refractivity contribution in [1.82, 2.24) is 20.5 Å². The van der Waals surface area contributed by atoms with Crippen LogP contribution in [0.15, 0.2) is 46.9 Å². The van der Waals surface area contributed by atoms with E-state index in [9.17, 15) is 31.5 Å². The maximum Gasteiger partial charge on any atom is 0.410 e. The van der Waals surface area contributed by atoms with Gasteiger partial charge in [0.25, 0.3) is 5.91 Å². The van der Waals surface area contributed by atoms with Crippen LogP contribution in [0.4, 0.5) is 35.5 Å². The first-order chi connectivity index (χ1) is 20.2. The van der Waals surface area contributed by atoms with Crippen molar-refractivity contribution in [3.05, 3.63) is 65.0 Å². The number of alkyl halides is 7. The fraction of sp³-hybridized carbons (Fsp3) is 0.429. The van der Waals surface area contributed by atoms with E-state index in [0.717, 1.165) is 17.0 Å². The van der Waals surface area contributed by atoms with Crippen molar-refractivity contribution < 1.29 is 44.7 Å². The molecule has 228 valence electrons. The van der Waals surface area contributed by atoms with E-state index in [1.807, 2.05) is 5.32 Å². The molecule has 2 unspecified atom stereocenters. The molecule has 0 bridgehead atoms. The first-order valence-electron chi connectivity index (χ1n) is 13.2. The number of oxazole rings is 1. The highest BCUT2D eigenvalue weighted by Crippen LogP contribution is 2.42. The fourth-order valence-corrected chi connectivity index (χ4v) is 5.28. The van der Waals surface area contributed by atoms with Gasteiger partial charge in [0.15, 0.2) is 5.58 Å². The molecular weight excluding hydrogens is 587 g/mol. The second kappa shape index (κ2) is 11.1. The Bertz CT molecular complexity index is 1570. The third kappa shape index (κ3) is 6.37. The molecule has 0 radical (unpaired) electrons. The van der Waals surface area contributed by atoms with Gasteiger partial charge in [-0.1, -0.05) is 18.2 Å². The van der Waals surface area contributed by atoms with Crippen molar-refractivity contribution in [2.24, 2.45) is 5.92 Å². The maximum absolute atomic E-state index is 15.2. The normalized spacial score (nSPS) is 20.1. The van der Waals surface area contributed by atoms with E-state index in [2.05, 4.69) is 10.3 Å². The van der Waals surface area contributed by atoms with Gasteiger partial charge in [0.05, 0.1) is 18.2 Å². The van der Waals surface area contributed by atoms with Crippen LogP contribution in [-0.2, 0) is 17.3 Å². The molecule has 43 heavy (non-hydrogen) atoms. The standard InChI is InChI=1S/C28H24F7N5O3/c29-26(30)8-6-17(7-9-26)22(39-24(41)27(31,32)18-3-1-2-15(10-18)12-36)23-37-19-11-16(4-5-20(19)43-23)13-40-14-21(28(33,34)35)38-25(40)42/h1-5,10-11,17,21-22H,6-9,13-14H2,(H,38,42)(H,39,41). The molecule has 2 aromatic carbocycles. The summed E-state index contributed by atoms with van der Waals surface area (Å²) < 4.78 is 103. The van der Waals surface area contributed by atoms with Crippen LogP contribution in [0, 0.1) is 17.2 Å². The summed E-state index contributed by atoms with van der Waals surface area (Å²) in [6.45, 7) is -0.793. The molecule has 2 N–H and O–H groups in total. The number of benzene rings is 2. The summed E-state index contributed by atoms with van der Waals surface area (Å²) in [5, 5.41) is 13.1. The molecule has 2 heterocycles. The molecule has 0 spiro atoms. The Labute approximate surface area is 239 Å². The Morgan fingerprint density at radius 1 is 1.16 bits per heavy atom. The monoisotopic (exact) mass is 611 g/mol. The van der Waals surface area contributed by atoms with Gasteiger partial charge in [0, 0.05) is 24.9 Å². The van der Waals surface area contributed by atoms with E-state index in [0.29, 0.717) is 5.56 Å². The molecule has 5 rings (SSSR count). The maximum atomic E-state index is 15.2. The van der Waals surface area contributed by atoms with Gasteiger partial charge >= 0.3 is 18.1 Å². The summed E-state index contributed by atoms with van der Waals surface area (Å²) in [6, 6.07) is 6.17. The van der Waals surface area contributed by atoms with Gasteiger partial charge in [-0.2, -0.15) is 27.2 Å². The topological polar surface area (TPSA) is 111 Å². The first kappa shape index (κ1) is 30.1. The number of fused-ring (bicyclic) bond motifs is 1. The molecule has 1 saturated carbocycles. The van der Waals surface area contributed by atoms with Crippen LogP contribution in [0.5, 0.6) is 0 Å². The minimum atomic E-state index is -4.62. The summed E-state index contributed by atoms with van der Waals surface area (Å²) in [7, 11) is 0. The van der Waals surface area contributed by atoms with Crippen LogP contribution in [-0.4, -0.2) is 46.5 Å². The Hall–Kier alpha value is -4.35. The van der Waals surface area contributed by atoms with Crippen LogP contribution in [0.2, 0.25) is 0 Å². The number of rotatable bonds is 7. The largest absolute Gasteiger partial charge is 0.438 e. The van der Waals surface area contributed by atoms with Crippen molar-refractivity contribution >= 4 is 23.0 Å². The Morgan fingerprint density at radius 2 is 1.88 bits per heavy atom. The van der Waals surface area contributed by atoms with Crippen molar-refractivity contribution in [1.29, 1.82) is 5.26 Å². The van der Waals surface area contributed by atoms with E-state index < -0.39 is 72.9 Å². The van der Waals surface area contributed by atoms with E-state index in [1.165, 1.54) is 30.3 Å². The molecule has 3 amide bonds. The second-order valence-corrected chi connectivity index (χ2v) is 10.7. The smallest absolute Gasteiger partial charge is 0.410 e. The Kier molecular flexibility index (Phi) is 7.74. The number of carbonyl (C=O) groups excluding carboxylic acids is 2. The van der Waals surface area contributed by atoms with Gasteiger partial charge in [-0.3, -0.25) is 4.79 Å². The highest BCUT2D eigenvalue weighted by molar-refractivity contribution is 5.85. The number of aromatic nitrogens is 1. The zero-order valence-electron chi connectivity index (χ0n) is 22.2. The van der Waals surface area contributed by atoms with Crippen molar-refractivity contribution in [2.45, 2.75) is 62.3 Å². The number of nitrogens with zero attached hydrogens (tertiary/aromatic N) is 3. The third-order valence-corrected chi connectivity index (χ3v) is 7.65. The minimum Gasteiger partial charge on any atom is -0.438 e. The molecule has 2 aliphatic rings. The zero-order valence-corrected chi connectivity index (χ0v) is 22.2. The van der Waals surface area contributed by atoms with Crippen LogP contribution in [0.25, 0.3) is 11.1 Å². The lowest BCUT2D eigenvalue weighted by Crippen LogP contribution is -2.43. The lowest BCUT2D eigenvalue weighted by molar-refractivity contribution is -0.150. The highest BCUT2D eigenvalue weighted by Gasteiger charge is 2.47. The molecule has 1 saturated heterocycles. The molecule has 2 fully saturated rings. The summed E-state index contributed by atoms with van der Waals surface area (Å²) >= 11 is 0. The van der Waals surface area contributed by atoms with Gasteiger partial charge in [0.1, 0.15) is 17.6 Å². The fourth-order valence-electron chi connectivity index (χ4n) is 5.28. The molecule has 1 aliphatic carbocycles. The predicted octanol–water partition coefficient (Wildman–Crippen LogP) is 5.93. The molecule has 15 heteroatoms. The average molecular weight is 612 g/mol. The van der Waals surface area contributed by atoms with Gasteiger partial charge in [0.2, 0.25) is 11.8 Å². The van der Waals surface area contributed by atoms with E-state index >= 15 is 8.78 Å². The first-order valence-corrected chi connectivity index (χ1v) is 13.2. The summed E-state index contributed by atoms with van der Waals surface area (Å²) in [5.74, 6) is -9.73. The molecule has 3 aromatic rings. The van der Waals surface area contributed by atoms with Crippen LogP contribution in [0.3, 0.4) is 0 Å². The quantitative estimate of drug-likeness (QED) is 0.322. The predicted molar refractivity (Wildman–Crippen MR) is 136 cm³/mol. The number of hydrogen-bond acceptors (Lipinski definition) is 5. The average Bonchev–Trinajstić information content (AvgIpc) is 3.54. The minimum absolute atomic E-state index is 0.0915. The highest BCUT2D eigenvalue weighted by atomic mass is 19.4. The Morgan fingerprint density at radius 3 is 2.53 bits per heavy atom. The number of nitrogens with one attached hydrogen (secondary N) is 2.